The number of hydrogen-bond donors (Lipinski definition) is 1. The molecule has 1 N–H and O–H groups in total. The van der Waals surface area contributed by atoms with Crippen LogP contribution in [-0.4, -0.2) is 22.0 Å². The first kappa shape index (κ1) is 17.2. The third-order valence-electron chi connectivity index (χ3n) is 2.90. The van der Waals surface area contributed by atoms with Crippen molar-refractivity contribution in [1.29, 1.82) is 5.26 Å². The highest BCUT2D eigenvalue weighted by Gasteiger charge is 2.31. The monoisotopic (exact) mass is 384 g/mol. The van der Waals surface area contributed by atoms with Gasteiger partial charge in [-0.3, -0.25) is 0 Å². The lowest BCUT2D eigenvalue weighted by Crippen LogP contribution is -2.34. The van der Waals surface area contributed by atoms with Gasteiger partial charge in [-0.1, -0.05) is 0 Å². The summed E-state index contributed by atoms with van der Waals surface area (Å²) in [5.74, 6) is 0.0467. The van der Waals surface area contributed by atoms with Gasteiger partial charge in [0.1, 0.15) is 10.7 Å². The van der Waals surface area contributed by atoms with E-state index in [0.29, 0.717) is 4.60 Å². The number of nitriles is 1. The topological polar surface area (TPSA) is 73.0 Å². The molecule has 1 aromatic carbocycles. The van der Waals surface area contributed by atoms with Gasteiger partial charge in [-0.05, 0) is 47.0 Å². The van der Waals surface area contributed by atoms with Crippen LogP contribution in [-0.2, 0) is 6.18 Å². The second kappa shape index (κ2) is 6.56. The van der Waals surface area contributed by atoms with Crippen LogP contribution in [0, 0.1) is 11.3 Å². The maximum absolute atomic E-state index is 12.6. The summed E-state index contributed by atoms with van der Waals surface area (Å²) in [6.07, 6.45) is -3.13. The third-order valence-corrected chi connectivity index (χ3v) is 3.29. The van der Waals surface area contributed by atoms with E-state index in [2.05, 4.69) is 25.9 Å². The zero-order chi connectivity index (χ0) is 17.2. The number of benzene rings is 1. The largest absolute Gasteiger partial charge is 0.432 e. The lowest BCUT2D eigenvalue weighted by molar-refractivity contribution is -0.137. The Hall–Kier alpha value is -2.12. The van der Waals surface area contributed by atoms with Crippen LogP contribution in [0.4, 0.5) is 24.7 Å². The number of anilines is 2. The zero-order valence-electron chi connectivity index (χ0n) is 11.7. The second-order valence-corrected chi connectivity index (χ2v) is 5.34. The average molecular weight is 385 g/mol. The number of aromatic nitrogens is 2. The summed E-state index contributed by atoms with van der Waals surface area (Å²) in [5, 5.41) is 19.1. The van der Waals surface area contributed by atoms with Crippen molar-refractivity contribution in [2.24, 2.45) is 0 Å². The molecule has 0 aliphatic heterocycles. The van der Waals surface area contributed by atoms with Gasteiger partial charge in [-0.2, -0.15) is 18.4 Å². The fraction of sp³-hybridized carbons (Fsp3) is 0.154. The molecule has 0 amide bonds. The highest BCUT2D eigenvalue weighted by molar-refractivity contribution is 9.10. The van der Waals surface area contributed by atoms with Gasteiger partial charge in [0.15, 0.2) is 11.5 Å². The van der Waals surface area contributed by atoms with Gasteiger partial charge in [-0.25, -0.2) is 9.97 Å². The summed E-state index contributed by atoms with van der Waals surface area (Å²) in [6, 6.07) is 6.01. The van der Waals surface area contributed by atoms with Crippen molar-refractivity contribution in [3.05, 3.63) is 46.3 Å². The molecular formula is C13H9BBrF3N4O. The van der Waals surface area contributed by atoms with Gasteiger partial charge >= 0.3 is 13.2 Å². The van der Waals surface area contributed by atoms with Gasteiger partial charge in [0.05, 0.1) is 11.8 Å². The van der Waals surface area contributed by atoms with Crippen molar-refractivity contribution < 1.29 is 18.2 Å². The van der Waals surface area contributed by atoms with Crippen molar-refractivity contribution >= 4 is 34.5 Å². The number of rotatable bonds is 3. The van der Waals surface area contributed by atoms with Crippen molar-refractivity contribution in [3.63, 3.8) is 0 Å². The Morgan fingerprint density at radius 1 is 1.30 bits per heavy atom. The first-order valence-corrected chi connectivity index (χ1v) is 7.10. The molecule has 2 aromatic rings. The molecule has 1 aromatic heterocycles. The number of hydrogen-bond acceptors (Lipinski definition) is 5. The van der Waals surface area contributed by atoms with Gasteiger partial charge in [0, 0.05) is 5.69 Å². The molecule has 0 spiro atoms. The van der Waals surface area contributed by atoms with Crippen LogP contribution < -0.4 is 4.81 Å². The predicted molar refractivity (Wildman–Crippen MR) is 81.9 cm³/mol. The minimum absolute atomic E-state index is 0.0467. The molecule has 0 fully saturated rings. The molecule has 0 atom stereocenters. The van der Waals surface area contributed by atoms with E-state index in [1.165, 1.54) is 30.0 Å². The van der Waals surface area contributed by atoms with Crippen LogP contribution in [0.3, 0.4) is 0 Å². The van der Waals surface area contributed by atoms with E-state index in [4.69, 9.17) is 5.26 Å². The molecular weight excluding hydrogens is 376 g/mol. The van der Waals surface area contributed by atoms with Gasteiger partial charge in [0.2, 0.25) is 0 Å². The summed E-state index contributed by atoms with van der Waals surface area (Å²) in [7, 11) is -1.13. The lowest BCUT2D eigenvalue weighted by atomic mass is 9.84. The van der Waals surface area contributed by atoms with Crippen molar-refractivity contribution in [2.75, 3.05) is 4.81 Å². The molecule has 23 heavy (non-hydrogen) atoms. The molecule has 2 rings (SSSR count). The van der Waals surface area contributed by atoms with Crippen LogP contribution >= 0.6 is 15.9 Å². The van der Waals surface area contributed by atoms with E-state index in [-0.39, 0.29) is 17.2 Å². The van der Waals surface area contributed by atoms with E-state index >= 15 is 0 Å². The predicted octanol–water partition coefficient (Wildman–Crippen LogP) is 3.38. The Bertz CT molecular complexity index is 746. The molecule has 5 nitrogen and oxygen atoms in total. The van der Waals surface area contributed by atoms with E-state index in [9.17, 15) is 18.2 Å². The highest BCUT2D eigenvalue weighted by Crippen LogP contribution is 2.33. The second-order valence-electron chi connectivity index (χ2n) is 4.52. The summed E-state index contributed by atoms with van der Waals surface area (Å²) in [6.45, 7) is 1.41. The van der Waals surface area contributed by atoms with E-state index in [1.807, 2.05) is 6.07 Å². The van der Waals surface area contributed by atoms with E-state index in [1.54, 1.807) is 0 Å². The Morgan fingerprint density at radius 2 is 1.91 bits per heavy atom. The van der Waals surface area contributed by atoms with Crippen LogP contribution in [0.1, 0.15) is 11.3 Å². The fourth-order valence-electron chi connectivity index (χ4n) is 1.94. The number of halogens is 4. The minimum Gasteiger partial charge on any atom is -0.432 e. The fourth-order valence-corrected chi connectivity index (χ4v) is 2.22. The average Bonchev–Trinajstić information content (AvgIpc) is 2.48. The molecule has 0 aliphatic carbocycles. The highest BCUT2D eigenvalue weighted by atomic mass is 79.9. The maximum atomic E-state index is 12.6. The van der Waals surface area contributed by atoms with Gasteiger partial charge in [0.25, 0.3) is 0 Å². The summed E-state index contributed by atoms with van der Waals surface area (Å²) in [5.41, 5.74) is -0.629. The third kappa shape index (κ3) is 3.81. The molecule has 0 saturated carbocycles. The van der Waals surface area contributed by atoms with Gasteiger partial charge < -0.3 is 9.83 Å². The van der Waals surface area contributed by atoms with Crippen LogP contribution in [0.5, 0.6) is 0 Å². The van der Waals surface area contributed by atoms with E-state index < -0.39 is 18.8 Å². The van der Waals surface area contributed by atoms with Crippen molar-refractivity contribution in [3.8, 4) is 6.07 Å². The molecule has 118 valence electrons. The molecule has 10 heteroatoms. The number of nitrogens with zero attached hydrogens (tertiary/aromatic N) is 4. The Kier molecular flexibility index (Phi) is 4.92. The van der Waals surface area contributed by atoms with Crippen molar-refractivity contribution in [1.82, 2.24) is 9.97 Å². The van der Waals surface area contributed by atoms with E-state index in [0.717, 1.165) is 12.1 Å². The molecule has 1 heterocycles. The first-order chi connectivity index (χ1) is 10.7. The summed E-state index contributed by atoms with van der Waals surface area (Å²) >= 11 is 3.08. The quantitative estimate of drug-likeness (QED) is 0.821. The van der Waals surface area contributed by atoms with Crippen LogP contribution in [0.2, 0.25) is 6.82 Å². The zero-order valence-corrected chi connectivity index (χ0v) is 13.3. The molecule has 0 unspecified atom stereocenters. The Labute approximate surface area is 138 Å². The standard InChI is InChI=1S/C13H9BBrF3N4O/c1-14(23)22(12-10(6-19)21-11(15)7-20-12)9-4-2-8(3-5-9)13(16,17)18/h2-5,7,23H,1H3. The Balaban J connectivity index is 2.50. The smallest absolute Gasteiger partial charge is 0.416 e. The summed E-state index contributed by atoms with van der Waals surface area (Å²) < 4.78 is 38.2. The Morgan fingerprint density at radius 3 is 2.39 bits per heavy atom. The first-order valence-electron chi connectivity index (χ1n) is 6.31. The minimum atomic E-state index is -4.45. The maximum Gasteiger partial charge on any atom is 0.416 e. The normalized spacial score (nSPS) is 11.0. The molecule has 0 aliphatic rings. The molecule has 0 radical (unpaired) electrons. The summed E-state index contributed by atoms with van der Waals surface area (Å²) in [4.78, 5) is 9.19. The van der Waals surface area contributed by atoms with Crippen LogP contribution in [0.15, 0.2) is 35.1 Å². The number of alkyl halides is 3. The molecule has 0 bridgehead atoms. The molecule has 0 saturated heterocycles. The lowest BCUT2D eigenvalue weighted by Gasteiger charge is -2.25. The SMILES string of the molecule is CB(O)N(c1ccc(C(F)(F)F)cc1)c1ncc(Br)nc1C#N. The van der Waals surface area contributed by atoms with Crippen LogP contribution in [0.25, 0.3) is 0 Å². The van der Waals surface area contributed by atoms with Gasteiger partial charge in [-0.15, -0.1) is 0 Å². The van der Waals surface area contributed by atoms with Crippen molar-refractivity contribution in [2.45, 2.75) is 13.0 Å².